The summed E-state index contributed by atoms with van der Waals surface area (Å²) >= 11 is 0. The first kappa shape index (κ1) is 17.5. The molecule has 2 rings (SSSR count). The molecule has 0 saturated carbocycles. The molecule has 5 nitrogen and oxygen atoms in total. The van der Waals surface area contributed by atoms with Crippen molar-refractivity contribution in [2.45, 2.75) is 25.8 Å². The summed E-state index contributed by atoms with van der Waals surface area (Å²) in [5, 5.41) is 12.2. The van der Waals surface area contributed by atoms with Crippen molar-refractivity contribution in [3.8, 4) is 0 Å². The number of carboxylic acid groups (broad SMARTS) is 1. The maximum atomic E-state index is 11.8. The monoisotopic (exact) mass is 327 g/mol. The average molecular weight is 327 g/mol. The number of carboxylic acids is 1. The molecular formula is C19H21NO4. The van der Waals surface area contributed by atoms with Crippen LogP contribution in [0.2, 0.25) is 0 Å². The van der Waals surface area contributed by atoms with E-state index in [0.29, 0.717) is 6.54 Å². The zero-order valence-electron chi connectivity index (χ0n) is 14.0. The van der Waals surface area contributed by atoms with Crippen LogP contribution >= 0.6 is 0 Å². The van der Waals surface area contributed by atoms with E-state index in [2.05, 4.69) is 5.32 Å². The highest BCUT2D eigenvalue weighted by molar-refractivity contribution is 5.87. The summed E-state index contributed by atoms with van der Waals surface area (Å²) in [4.78, 5) is 22.8. The summed E-state index contributed by atoms with van der Waals surface area (Å²) < 4.78 is 4.83. The molecule has 2 aromatic rings. The highest BCUT2D eigenvalue weighted by atomic mass is 16.5. The van der Waals surface area contributed by atoms with E-state index in [1.165, 1.54) is 7.11 Å². The van der Waals surface area contributed by atoms with E-state index in [9.17, 15) is 9.59 Å². The van der Waals surface area contributed by atoms with Crippen LogP contribution in [0.25, 0.3) is 0 Å². The van der Waals surface area contributed by atoms with E-state index < -0.39 is 11.4 Å². The molecule has 0 saturated heterocycles. The van der Waals surface area contributed by atoms with E-state index in [-0.39, 0.29) is 11.5 Å². The Balaban J connectivity index is 2.06. The number of hydrogen-bond acceptors (Lipinski definition) is 4. The molecule has 0 aliphatic rings. The van der Waals surface area contributed by atoms with Gasteiger partial charge in [-0.15, -0.1) is 0 Å². The van der Waals surface area contributed by atoms with Gasteiger partial charge in [0.15, 0.2) is 0 Å². The average Bonchev–Trinajstić information content (AvgIpc) is 2.59. The van der Waals surface area contributed by atoms with Crippen molar-refractivity contribution in [3.05, 3.63) is 65.2 Å². The minimum atomic E-state index is -0.939. The second kappa shape index (κ2) is 7.17. The highest BCUT2D eigenvalue weighted by Gasteiger charge is 2.30. The van der Waals surface area contributed by atoms with Gasteiger partial charge in [0.25, 0.3) is 0 Å². The molecule has 0 radical (unpaired) electrons. The minimum absolute atomic E-state index is 0.268. The Morgan fingerprint density at radius 3 is 2.38 bits per heavy atom. The van der Waals surface area contributed by atoms with Crippen LogP contribution in [0.15, 0.2) is 48.5 Å². The van der Waals surface area contributed by atoms with Crippen LogP contribution in [0, 0.1) is 0 Å². The zero-order valence-corrected chi connectivity index (χ0v) is 14.0. The number of hydrogen-bond donors (Lipinski definition) is 2. The second-order valence-electron chi connectivity index (χ2n) is 6.05. The Morgan fingerprint density at radius 2 is 1.79 bits per heavy atom. The first-order chi connectivity index (χ1) is 11.3. The number of carbonyl (C=O) groups is 2. The van der Waals surface area contributed by atoms with Gasteiger partial charge in [0.1, 0.15) is 0 Å². The molecule has 24 heavy (non-hydrogen) atoms. The minimum Gasteiger partial charge on any atom is -0.478 e. The van der Waals surface area contributed by atoms with Crippen LogP contribution in [-0.2, 0) is 21.5 Å². The lowest BCUT2D eigenvalue weighted by molar-refractivity contribution is -0.146. The lowest BCUT2D eigenvalue weighted by Gasteiger charge is -2.22. The van der Waals surface area contributed by atoms with Crippen LogP contribution in [0.4, 0.5) is 5.69 Å². The SMILES string of the molecule is COC(=O)C(C)(C)c1ccc(NCc2cccc(C(=O)O)c2)cc1. The molecule has 0 aromatic heterocycles. The lowest BCUT2D eigenvalue weighted by Crippen LogP contribution is -2.30. The highest BCUT2D eigenvalue weighted by Crippen LogP contribution is 2.26. The number of aromatic carboxylic acids is 1. The Bertz CT molecular complexity index is 735. The fraction of sp³-hybridized carbons (Fsp3) is 0.263. The smallest absolute Gasteiger partial charge is 0.335 e. The van der Waals surface area contributed by atoms with Gasteiger partial charge in [0.2, 0.25) is 0 Å². The maximum absolute atomic E-state index is 11.8. The molecule has 2 N–H and O–H groups in total. The lowest BCUT2D eigenvalue weighted by atomic mass is 9.85. The van der Waals surface area contributed by atoms with Crippen molar-refractivity contribution < 1.29 is 19.4 Å². The number of carbonyl (C=O) groups excluding carboxylic acids is 1. The third-order valence-corrected chi connectivity index (χ3v) is 3.97. The third kappa shape index (κ3) is 3.93. The maximum Gasteiger partial charge on any atom is 0.335 e. The summed E-state index contributed by atoms with van der Waals surface area (Å²) in [5.41, 5.74) is 2.20. The molecule has 0 heterocycles. The van der Waals surface area contributed by atoms with E-state index in [1.807, 2.05) is 44.2 Å². The van der Waals surface area contributed by atoms with E-state index in [1.54, 1.807) is 18.2 Å². The van der Waals surface area contributed by atoms with Gasteiger partial charge in [-0.1, -0.05) is 24.3 Å². The van der Waals surface area contributed by atoms with Gasteiger partial charge in [-0.05, 0) is 49.2 Å². The van der Waals surface area contributed by atoms with Gasteiger partial charge in [-0.3, -0.25) is 4.79 Å². The Labute approximate surface area is 141 Å². The zero-order chi connectivity index (χ0) is 17.7. The van der Waals surface area contributed by atoms with Crippen LogP contribution in [-0.4, -0.2) is 24.2 Å². The molecule has 0 atom stereocenters. The quantitative estimate of drug-likeness (QED) is 0.795. The van der Waals surface area contributed by atoms with Crippen molar-refractivity contribution in [2.75, 3.05) is 12.4 Å². The molecule has 2 aromatic carbocycles. The van der Waals surface area contributed by atoms with Gasteiger partial charge in [0.05, 0.1) is 18.1 Å². The number of benzene rings is 2. The topological polar surface area (TPSA) is 75.6 Å². The summed E-state index contributed by atoms with van der Waals surface area (Å²) in [7, 11) is 1.38. The number of ether oxygens (including phenoxy) is 1. The molecule has 0 aliphatic heterocycles. The van der Waals surface area contributed by atoms with Crippen molar-refractivity contribution in [1.82, 2.24) is 0 Å². The van der Waals surface area contributed by atoms with Crippen molar-refractivity contribution in [1.29, 1.82) is 0 Å². The number of esters is 1. The first-order valence-electron chi connectivity index (χ1n) is 7.59. The van der Waals surface area contributed by atoms with Crippen molar-refractivity contribution >= 4 is 17.6 Å². The van der Waals surface area contributed by atoms with Crippen LogP contribution in [0.5, 0.6) is 0 Å². The predicted molar refractivity (Wildman–Crippen MR) is 92.2 cm³/mol. The van der Waals surface area contributed by atoms with E-state index in [0.717, 1.165) is 16.8 Å². The fourth-order valence-corrected chi connectivity index (χ4v) is 2.40. The van der Waals surface area contributed by atoms with Gasteiger partial charge in [0, 0.05) is 12.2 Å². The first-order valence-corrected chi connectivity index (χ1v) is 7.59. The Morgan fingerprint density at radius 1 is 1.12 bits per heavy atom. The molecule has 126 valence electrons. The van der Waals surface area contributed by atoms with Crippen molar-refractivity contribution in [2.24, 2.45) is 0 Å². The Kier molecular flexibility index (Phi) is 5.24. The third-order valence-electron chi connectivity index (χ3n) is 3.97. The normalized spacial score (nSPS) is 11.0. The molecular weight excluding hydrogens is 306 g/mol. The number of nitrogens with one attached hydrogen (secondary N) is 1. The summed E-state index contributed by atoms with van der Waals surface area (Å²) in [6, 6.07) is 14.3. The van der Waals surface area contributed by atoms with Gasteiger partial charge >= 0.3 is 11.9 Å². The molecule has 0 unspecified atom stereocenters. The van der Waals surface area contributed by atoms with Crippen LogP contribution in [0.1, 0.15) is 35.3 Å². The van der Waals surface area contributed by atoms with E-state index in [4.69, 9.17) is 9.84 Å². The molecule has 0 bridgehead atoms. The molecule has 0 fully saturated rings. The van der Waals surface area contributed by atoms with Crippen LogP contribution in [0.3, 0.4) is 0 Å². The molecule has 0 amide bonds. The summed E-state index contributed by atoms with van der Waals surface area (Å²) in [6.45, 7) is 4.15. The second-order valence-corrected chi connectivity index (χ2v) is 6.05. The predicted octanol–water partition coefficient (Wildman–Crippen LogP) is 3.45. The van der Waals surface area contributed by atoms with Gasteiger partial charge < -0.3 is 15.2 Å². The van der Waals surface area contributed by atoms with Crippen molar-refractivity contribution in [3.63, 3.8) is 0 Å². The number of methoxy groups -OCH3 is 1. The largest absolute Gasteiger partial charge is 0.478 e. The standard InChI is InChI=1S/C19H21NO4/c1-19(2,18(23)24-3)15-7-9-16(10-8-15)20-12-13-5-4-6-14(11-13)17(21)22/h4-11,20H,12H2,1-3H3,(H,21,22). The van der Waals surface area contributed by atoms with Gasteiger partial charge in [-0.25, -0.2) is 4.79 Å². The summed E-state index contributed by atoms with van der Waals surface area (Å²) in [5.74, 6) is -1.22. The van der Waals surface area contributed by atoms with Gasteiger partial charge in [-0.2, -0.15) is 0 Å². The van der Waals surface area contributed by atoms with Crippen LogP contribution < -0.4 is 5.32 Å². The Hall–Kier alpha value is -2.82. The molecule has 0 spiro atoms. The fourth-order valence-electron chi connectivity index (χ4n) is 2.40. The molecule has 5 heteroatoms. The molecule has 0 aliphatic carbocycles. The van der Waals surface area contributed by atoms with E-state index >= 15 is 0 Å². The summed E-state index contributed by atoms with van der Waals surface area (Å²) in [6.07, 6.45) is 0. The number of anilines is 1. The number of rotatable bonds is 6.